The Labute approximate surface area is 121 Å². The maximum Gasteiger partial charge on any atom is 0.220 e. The van der Waals surface area contributed by atoms with Crippen LogP contribution >= 0.6 is 0 Å². The molecule has 0 bridgehead atoms. The standard InChI is InChI=1S/C17H26N2O/c18-13-6-2-5-10-16(20)19-14-17(11-7-12-17)15-8-3-1-4-9-15/h1,3-4,8-9H,2,5-7,10-14,18H2,(H,19,20). The number of hydrogen-bond donors (Lipinski definition) is 2. The van der Waals surface area contributed by atoms with E-state index in [1.807, 2.05) is 6.07 Å². The van der Waals surface area contributed by atoms with E-state index >= 15 is 0 Å². The van der Waals surface area contributed by atoms with Crippen molar-refractivity contribution in [3.8, 4) is 0 Å². The lowest BCUT2D eigenvalue weighted by molar-refractivity contribution is -0.121. The molecule has 0 aromatic heterocycles. The van der Waals surface area contributed by atoms with Gasteiger partial charge in [0, 0.05) is 18.4 Å². The quantitative estimate of drug-likeness (QED) is 0.716. The minimum atomic E-state index is 0.184. The minimum absolute atomic E-state index is 0.184. The van der Waals surface area contributed by atoms with Gasteiger partial charge in [-0.3, -0.25) is 4.79 Å². The van der Waals surface area contributed by atoms with E-state index in [1.54, 1.807) is 0 Å². The molecule has 1 saturated carbocycles. The number of nitrogens with two attached hydrogens (primary N) is 1. The summed E-state index contributed by atoms with van der Waals surface area (Å²) in [5, 5.41) is 3.13. The van der Waals surface area contributed by atoms with Gasteiger partial charge in [-0.15, -0.1) is 0 Å². The fourth-order valence-electron chi connectivity index (χ4n) is 2.93. The van der Waals surface area contributed by atoms with Crippen molar-refractivity contribution < 1.29 is 4.79 Å². The van der Waals surface area contributed by atoms with Crippen LogP contribution in [0.2, 0.25) is 0 Å². The van der Waals surface area contributed by atoms with Gasteiger partial charge in [-0.1, -0.05) is 43.2 Å². The van der Waals surface area contributed by atoms with Gasteiger partial charge in [0.2, 0.25) is 5.91 Å². The highest BCUT2D eigenvalue weighted by atomic mass is 16.1. The molecule has 3 N–H and O–H groups in total. The van der Waals surface area contributed by atoms with Crippen LogP contribution in [-0.4, -0.2) is 19.0 Å². The van der Waals surface area contributed by atoms with Gasteiger partial charge in [-0.2, -0.15) is 0 Å². The largest absolute Gasteiger partial charge is 0.355 e. The summed E-state index contributed by atoms with van der Waals surface area (Å²) in [5.41, 5.74) is 7.01. The van der Waals surface area contributed by atoms with Crippen LogP contribution in [0.5, 0.6) is 0 Å². The van der Waals surface area contributed by atoms with Crippen LogP contribution in [0, 0.1) is 0 Å². The summed E-state index contributed by atoms with van der Waals surface area (Å²) < 4.78 is 0. The second-order valence-electron chi connectivity index (χ2n) is 5.88. The number of hydrogen-bond acceptors (Lipinski definition) is 2. The van der Waals surface area contributed by atoms with E-state index in [4.69, 9.17) is 5.73 Å². The lowest BCUT2D eigenvalue weighted by Gasteiger charge is -2.42. The molecule has 0 heterocycles. The Bertz CT molecular complexity index is 412. The molecule has 3 nitrogen and oxygen atoms in total. The van der Waals surface area contributed by atoms with Crippen molar-refractivity contribution in [3.63, 3.8) is 0 Å². The van der Waals surface area contributed by atoms with Crippen molar-refractivity contribution in [1.82, 2.24) is 5.32 Å². The van der Waals surface area contributed by atoms with Crippen molar-refractivity contribution in [1.29, 1.82) is 0 Å². The van der Waals surface area contributed by atoms with Crippen LogP contribution < -0.4 is 11.1 Å². The molecular weight excluding hydrogens is 248 g/mol. The highest BCUT2D eigenvalue weighted by Crippen LogP contribution is 2.43. The summed E-state index contributed by atoms with van der Waals surface area (Å²) in [7, 11) is 0. The van der Waals surface area contributed by atoms with Crippen LogP contribution in [0.1, 0.15) is 50.5 Å². The van der Waals surface area contributed by atoms with Gasteiger partial charge in [-0.05, 0) is 37.8 Å². The summed E-state index contributed by atoms with van der Waals surface area (Å²) in [6, 6.07) is 10.6. The summed E-state index contributed by atoms with van der Waals surface area (Å²) in [6.07, 6.45) is 7.28. The predicted molar refractivity (Wildman–Crippen MR) is 82.5 cm³/mol. The molecule has 1 aliphatic carbocycles. The Morgan fingerprint density at radius 3 is 2.50 bits per heavy atom. The lowest BCUT2D eigenvalue weighted by atomic mass is 9.64. The molecule has 0 saturated heterocycles. The average Bonchev–Trinajstić information content (AvgIpc) is 2.44. The molecule has 1 aromatic rings. The number of benzene rings is 1. The van der Waals surface area contributed by atoms with Crippen LogP contribution in [0.25, 0.3) is 0 Å². The van der Waals surface area contributed by atoms with Gasteiger partial charge in [-0.25, -0.2) is 0 Å². The van der Waals surface area contributed by atoms with E-state index in [9.17, 15) is 4.79 Å². The Balaban J connectivity index is 1.78. The normalized spacial score (nSPS) is 16.4. The summed E-state index contributed by atoms with van der Waals surface area (Å²) in [4.78, 5) is 11.9. The molecule has 0 unspecified atom stereocenters. The molecule has 1 aromatic carbocycles. The highest BCUT2D eigenvalue weighted by molar-refractivity contribution is 5.76. The molecule has 0 spiro atoms. The molecule has 0 aliphatic heterocycles. The Morgan fingerprint density at radius 1 is 1.15 bits per heavy atom. The van der Waals surface area contributed by atoms with Gasteiger partial charge in [0.05, 0.1) is 0 Å². The molecule has 20 heavy (non-hydrogen) atoms. The first-order chi connectivity index (χ1) is 9.77. The smallest absolute Gasteiger partial charge is 0.220 e. The van der Waals surface area contributed by atoms with Crippen LogP contribution in [0.15, 0.2) is 30.3 Å². The zero-order valence-electron chi connectivity index (χ0n) is 12.2. The molecule has 110 valence electrons. The molecule has 1 fully saturated rings. The van der Waals surface area contributed by atoms with E-state index < -0.39 is 0 Å². The van der Waals surface area contributed by atoms with Crippen LogP contribution in [0.3, 0.4) is 0 Å². The zero-order chi connectivity index (χ0) is 14.3. The number of carbonyl (C=O) groups excluding carboxylic acids is 1. The first kappa shape index (κ1) is 15.0. The molecule has 0 atom stereocenters. The summed E-state index contributed by atoms with van der Waals surface area (Å²) >= 11 is 0. The maximum atomic E-state index is 11.9. The Hall–Kier alpha value is -1.35. The first-order valence-electron chi connectivity index (χ1n) is 7.79. The van der Waals surface area contributed by atoms with E-state index in [1.165, 1.54) is 24.8 Å². The van der Waals surface area contributed by atoms with Crippen LogP contribution in [-0.2, 0) is 10.2 Å². The van der Waals surface area contributed by atoms with E-state index in [-0.39, 0.29) is 11.3 Å². The molecule has 1 aliphatic rings. The molecule has 0 radical (unpaired) electrons. The summed E-state index contributed by atoms with van der Waals surface area (Å²) in [5.74, 6) is 0.184. The zero-order valence-corrected chi connectivity index (χ0v) is 12.2. The SMILES string of the molecule is NCCCCCC(=O)NCC1(c2ccccc2)CCC1. The fourth-order valence-corrected chi connectivity index (χ4v) is 2.93. The monoisotopic (exact) mass is 274 g/mol. The van der Waals surface area contributed by atoms with Crippen molar-refractivity contribution in [2.45, 2.75) is 50.4 Å². The molecule has 2 rings (SSSR count). The lowest BCUT2D eigenvalue weighted by Crippen LogP contribution is -2.45. The first-order valence-corrected chi connectivity index (χ1v) is 7.79. The van der Waals surface area contributed by atoms with Gasteiger partial charge < -0.3 is 11.1 Å². The Morgan fingerprint density at radius 2 is 1.90 bits per heavy atom. The van der Waals surface area contributed by atoms with Gasteiger partial charge in [0.25, 0.3) is 0 Å². The third-order valence-electron chi connectivity index (χ3n) is 4.43. The predicted octanol–water partition coefficient (Wildman–Crippen LogP) is 2.74. The number of unbranched alkanes of at least 4 members (excludes halogenated alkanes) is 2. The third-order valence-corrected chi connectivity index (χ3v) is 4.43. The second-order valence-corrected chi connectivity index (χ2v) is 5.88. The van der Waals surface area contributed by atoms with Gasteiger partial charge in [0.1, 0.15) is 0 Å². The number of rotatable bonds is 8. The van der Waals surface area contributed by atoms with Gasteiger partial charge in [0.15, 0.2) is 0 Å². The van der Waals surface area contributed by atoms with E-state index in [0.717, 1.165) is 32.4 Å². The summed E-state index contributed by atoms with van der Waals surface area (Å²) in [6.45, 7) is 1.51. The van der Waals surface area contributed by atoms with Crippen molar-refractivity contribution >= 4 is 5.91 Å². The average molecular weight is 274 g/mol. The number of nitrogens with one attached hydrogen (secondary N) is 1. The topological polar surface area (TPSA) is 55.1 Å². The highest BCUT2D eigenvalue weighted by Gasteiger charge is 2.38. The molecule has 3 heteroatoms. The number of carbonyl (C=O) groups is 1. The van der Waals surface area contributed by atoms with Crippen molar-refractivity contribution in [2.24, 2.45) is 5.73 Å². The maximum absolute atomic E-state index is 11.9. The molecular formula is C17H26N2O. The third kappa shape index (κ3) is 3.83. The van der Waals surface area contributed by atoms with Crippen molar-refractivity contribution in [2.75, 3.05) is 13.1 Å². The molecule has 1 amide bonds. The van der Waals surface area contributed by atoms with E-state index in [2.05, 4.69) is 29.6 Å². The number of amides is 1. The second kappa shape index (κ2) is 7.44. The van der Waals surface area contributed by atoms with E-state index in [0.29, 0.717) is 6.42 Å². The van der Waals surface area contributed by atoms with Crippen LogP contribution in [0.4, 0.5) is 0 Å². The Kier molecular flexibility index (Phi) is 5.60. The van der Waals surface area contributed by atoms with Crippen molar-refractivity contribution in [3.05, 3.63) is 35.9 Å². The minimum Gasteiger partial charge on any atom is -0.355 e. The van der Waals surface area contributed by atoms with Gasteiger partial charge >= 0.3 is 0 Å². The fraction of sp³-hybridized carbons (Fsp3) is 0.588.